The van der Waals surface area contributed by atoms with Crippen molar-refractivity contribution in [1.29, 1.82) is 0 Å². The highest BCUT2D eigenvalue weighted by atomic mass is 16.6. The number of rotatable bonds is 1. The fourth-order valence-corrected chi connectivity index (χ4v) is 2.55. The maximum absolute atomic E-state index is 12.1. The van der Waals surface area contributed by atoms with Gasteiger partial charge in [-0.25, -0.2) is 9.59 Å². The summed E-state index contributed by atoms with van der Waals surface area (Å²) in [4.78, 5) is 24.0. The van der Waals surface area contributed by atoms with Crippen molar-refractivity contribution in [2.45, 2.75) is 31.8 Å². The van der Waals surface area contributed by atoms with E-state index in [9.17, 15) is 9.59 Å². The van der Waals surface area contributed by atoms with Crippen molar-refractivity contribution in [3.8, 4) is 0 Å². The van der Waals surface area contributed by atoms with Gasteiger partial charge in [-0.05, 0) is 55.5 Å². The van der Waals surface area contributed by atoms with Crippen molar-refractivity contribution in [1.82, 2.24) is 0 Å². The molecule has 1 unspecified atom stereocenters. The maximum Gasteiger partial charge on any atom is 0.338 e. The molecule has 1 atom stereocenters. The summed E-state index contributed by atoms with van der Waals surface area (Å²) in [5, 5.41) is 0. The quantitative estimate of drug-likeness (QED) is 0.582. The van der Waals surface area contributed by atoms with Gasteiger partial charge in [-0.1, -0.05) is 6.08 Å². The smallest absolute Gasteiger partial charge is 0.338 e. The van der Waals surface area contributed by atoms with Crippen LogP contribution in [0.1, 0.15) is 46.4 Å². The van der Waals surface area contributed by atoms with Gasteiger partial charge >= 0.3 is 11.9 Å². The van der Waals surface area contributed by atoms with Gasteiger partial charge in [0, 0.05) is 0 Å². The zero-order chi connectivity index (χ0) is 13.9. The van der Waals surface area contributed by atoms with Crippen LogP contribution in [0.15, 0.2) is 35.9 Å². The number of hydrogen-bond acceptors (Lipinski definition) is 4. The largest absolute Gasteiger partial charge is 0.458 e. The molecule has 0 fully saturated rings. The first-order valence-electron chi connectivity index (χ1n) is 6.91. The van der Waals surface area contributed by atoms with E-state index in [-0.39, 0.29) is 18.5 Å². The van der Waals surface area contributed by atoms with Gasteiger partial charge in [0.1, 0.15) is 6.61 Å². The second kappa shape index (κ2) is 5.49. The van der Waals surface area contributed by atoms with Crippen LogP contribution >= 0.6 is 0 Å². The summed E-state index contributed by atoms with van der Waals surface area (Å²) in [6, 6.07) is 6.35. The Labute approximate surface area is 117 Å². The van der Waals surface area contributed by atoms with Crippen LogP contribution < -0.4 is 0 Å². The van der Waals surface area contributed by atoms with Crippen molar-refractivity contribution < 1.29 is 19.1 Å². The van der Waals surface area contributed by atoms with Gasteiger partial charge in [-0.15, -0.1) is 0 Å². The Bertz CT molecular complexity index is 556. The van der Waals surface area contributed by atoms with Gasteiger partial charge in [-0.2, -0.15) is 0 Å². The molecule has 2 aliphatic heterocycles. The van der Waals surface area contributed by atoms with E-state index >= 15 is 0 Å². The summed E-state index contributed by atoms with van der Waals surface area (Å²) < 4.78 is 10.8. The van der Waals surface area contributed by atoms with E-state index in [1.807, 2.05) is 0 Å². The first-order valence-corrected chi connectivity index (χ1v) is 6.91. The van der Waals surface area contributed by atoms with Crippen molar-refractivity contribution >= 4 is 11.9 Å². The third kappa shape index (κ3) is 2.59. The van der Waals surface area contributed by atoms with Crippen molar-refractivity contribution in [3.63, 3.8) is 0 Å². The van der Waals surface area contributed by atoms with Crippen LogP contribution in [0.5, 0.6) is 0 Å². The highest BCUT2D eigenvalue weighted by Crippen LogP contribution is 2.24. The van der Waals surface area contributed by atoms with E-state index in [1.54, 1.807) is 24.3 Å². The van der Waals surface area contributed by atoms with Crippen LogP contribution in [0.2, 0.25) is 0 Å². The Kier molecular flexibility index (Phi) is 3.54. The highest BCUT2D eigenvalue weighted by molar-refractivity contribution is 5.93. The number of carbonyl (C=O) groups is 2. The molecule has 1 aromatic rings. The third-order valence-corrected chi connectivity index (χ3v) is 3.71. The summed E-state index contributed by atoms with van der Waals surface area (Å²) in [6.07, 6.45) is 5.77. The van der Waals surface area contributed by atoms with Crippen LogP contribution in [0.4, 0.5) is 0 Å². The van der Waals surface area contributed by atoms with Gasteiger partial charge in [0.2, 0.25) is 0 Å². The van der Waals surface area contributed by atoms with Crippen molar-refractivity contribution in [2.24, 2.45) is 0 Å². The average molecular weight is 272 g/mol. The number of hydrogen-bond donors (Lipinski definition) is 0. The molecule has 0 aromatic heterocycles. The molecule has 4 nitrogen and oxygen atoms in total. The maximum atomic E-state index is 12.1. The van der Waals surface area contributed by atoms with Gasteiger partial charge in [-0.3, -0.25) is 0 Å². The zero-order valence-corrected chi connectivity index (χ0v) is 11.1. The molecular weight excluding hydrogens is 256 g/mol. The second-order valence-corrected chi connectivity index (χ2v) is 5.09. The lowest BCUT2D eigenvalue weighted by atomic mass is 9.95. The number of benzene rings is 1. The van der Waals surface area contributed by atoms with E-state index in [0.29, 0.717) is 11.1 Å². The lowest BCUT2D eigenvalue weighted by molar-refractivity contribution is 0.00714. The van der Waals surface area contributed by atoms with Gasteiger partial charge < -0.3 is 9.47 Å². The Hall–Kier alpha value is -2.10. The lowest BCUT2D eigenvalue weighted by Crippen LogP contribution is -2.29. The highest BCUT2D eigenvalue weighted by Gasteiger charge is 2.25. The van der Waals surface area contributed by atoms with Gasteiger partial charge in [0.15, 0.2) is 6.10 Å². The molecule has 20 heavy (non-hydrogen) atoms. The molecule has 1 aliphatic carbocycles. The van der Waals surface area contributed by atoms with E-state index in [4.69, 9.17) is 9.47 Å². The van der Waals surface area contributed by atoms with Crippen LogP contribution in [-0.4, -0.2) is 24.6 Å². The van der Waals surface area contributed by atoms with Crippen LogP contribution in [0.25, 0.3) is 0 Å². The molecule has 2 heterocycles. The molecule has 2 bridgehead atoms. The standard InChI is InChI=1S/C16H16O4/c17-15-12-6-8-13(9-7-12)16(18)20-14(10-19-15)11-4-2-1-3-5-11/h4,6-9,14H,1-3,5,10H2. The number of allylic oxidation sites excluding steroid dienone is 1. The molecule has 1 aromatic carbocycles. The van der Waals surface area contributed by atoms with E-state index < -0.39 is 6.10 Å². The molecule has 0 spiro atoms. The normalized spacial score (nSPS) is 22.8. The molecule has 4 rings (SSSR count). The monoisotopic (exact) mass is 272 g/mol. The number of carbonyl (C=O) groups excluding carboxylic acids is 2. The third-order valence-electron chi connectivity index (χ3n) is 3.71. The van der Waals surface area contributed by atoms with Gasteiger partial charge in [0.25, 0.3) is 0 Å². The molecule has 3 aliphatic rings. The minimum atomic E-state index is -0.457. The predicted molar refractivity (Wildman–Crippen MR) is 72.5 cm³/mol. The summed E-state index contributed by atoms with van der Waals surface area (Å²) >= 11 is 0. The molecule has 4 heteroatoms. The van der Waals surface area contributed by atoms with Crippen LogP contribution in [0.3, 0.4) is 0 Å². The average Bonchev–Trinajstić information content (AvgIpc) is 2.51. The Balaban J connectivity index is 1.88. The summed E-state index contributed by atoms with van der Waals surface area (Å²) in [7, 11) is 0. The van der Waals surface area contributed by atoms with Crippen LogP contribution in [-0.2, 0) is 9.47 Å². The fraction of sp³-hybridized carbons (Fsp3) is 0.375. The number of fused-ring (bicyclic) bond motifs is 7. The van der Waals surface area contributed by atoms with Gasteiger partial charge in [0.05, 0.1) is 11.1 Å². The van der Waals surface area contributed by atoms with Crippen molar-refractivity contribution in [2.75, 3.05) is 6.61 Å². The van der Waals surface area contributed by atoms with E-state index in [2.05, 4.69) is 6.08 Å². The fourth-order valence-electron chi connectivity index (χ4n) is 2.55. The minimum Gasteiger partial charge on any atom is -0.458 e. The minimum absolute atomic E-state index is 0.0921. The summed E-state index contributed by atoms with van der Waals surface area (Å²) in [5.41, 5.74) is 1.98. The lowest BCUT2D eigenvalue weighted by Gasteiger charge is -2.24. The Morgan fingerprint density at radius 2 is 1.65 bits per heavy atom. The predicted octanol–water partition coefficient (Wildman–Crippen LogP) is 2.88. The van der Waals surface area contributed by atoms with Crippen molar-refractivity contribution in [3.05, 3.63) is 47.0 Å². The molecule has 0 amide bonds. The molecule has 0 radical (unpaired) electrons. The molecule has 0 saturated carbocycles. The topological polar surface area (TPSA) is 52.6 Å². The Morgan fingerprint density at radius 1 is 0.950 bits per heavy atom. The number of ether oxygens (including phenoxy) is 2. The number of esters is 2. The SMILES string of the molecule is O=C1OCC(C2=CCCCC2)OC(=O)c2ccc1cc2. The first kappa shape index (κ1) is 12.9. The zero-order valence-electron chi connectivity index (χ0n) is 11.1. The van der Waals surface area contributed by atoms with E-state index in [1.165, 1.54) is 0 Å². The molecular formula is C16H16O4. The Morgan fingerprint density at radius 3 is 2.30 bits per heavy atom. The van der Waals surface area contributed by atoms with E-state index in [0.717, 1.165) is 31.3 Å². The summed E-state index contributed by atoms with van der Waals surface area (Å²) in [5.74, 6) is -0.748. The summed E-state index contributed by atoms with van der Waals surface area (Å²) in [6.45, 7) is 0.0921. The molecule has 0 N–H and O–H groups in total. The molecule has 0 saturated heterocycles. The second-order valence-electron chi connectivity index (χ2n) is 5.09. The van der Waals surface area contributed by atoms with Crippen LogP contribution in [0, 0.1) is 0 Å². The first-order chi connectivity index (χ1) is 9.74. The molecule has 104 valence electrons.